The van der Waals surface area contributed by atoms with Crippen molar-refractivity contribution in [1.82, 2.24) is 10.6 Å². The zero-order chi connectivity index (χ0) is 13.2. The predicted octanol–water partition coefficient (Wildman–Crippen LogP) is 2.61. The monoisotopic (exact) mass is 268 g/mol. The molecule has 4 heteroatoms. The van der Waals surface area contributed by atoms with E-state index >= 15 is 0 Å². The van der Waals surface area contributed by atoms with Crippen LogP contribution in [0.1, 0.15) is 24.4 Å². The van der Waals surface area contributed by atoms with Crippen molar-refractivity contribution in [2.45, 2.75) is 18.9 Å². The van der Waals surface area contributed by atoms with Crippen LogP contribution in [0.4, 0.5) is 0 Å². The lowest BCUT2D eigenvalue weighted by Crippen LogP contribution is -2.33. The van der Waals surface area contributed by atoms with Gasteiger partial charge in [0.25, 0.3) is 0 Å². The Bertz CT molecular complexity index is 418. The summed E-state index contributed by atoms with van der Waals surface area (Å²) in [6.07, 6.45) is 2.48. The maximum absolute atomic E-state index is 6.38. The first kappa shape index (κ1) is 13.7. The van der Waals surface area contributed by atoms with E-state index in [4.69, 9.17) is 16.3 Å². The summed E-state index contributed by atoms with van der Waals surface area (Å²) in [7, 11) is 5.66. The summed E-state index contributed by atoms with van der Waals surface area (Å²) in [5.74, 6) is 0.803. The molecule has 1 fully saturated rings. The van der Waals surface area contributed by atoms with Crippen LogP contribution < -0.4 is 15.4 Å². The molecule has 0 aromatic heterocycles. The average molecular weight is 269 g/mol. The van der Waals surface area contributed by atoms with Gasteiger partial charge in [-0.1, -0.05) is 17.7 Å². The molecule has 1 unspecified atom stereocenters. The Kier molecular flexibility index (Phi) is 4.15. The highest BCUT2D eigenvalue weighted by Gasteiger charge is 2.49. The quantitative estimate of drug-likeness (QED) is 0.832. The average Bonchev–Trinajstić information content (AvgIpc) is 3.13. The molecule has 1 aliphatic rings. The lowest BCUT2D eigenvalue weighted by Gasteiger charge is -2.28. The van der Waals surface area contributed by atoms with Crippen LogP contribution in [0.5, 0.6) is 5.75 Å². The van der Waals surface area contributed by atoms with Gasteiger partial charge in [-0.25, -0.2) is 0 Å². The summed E-state index contributed by atoms with van der Waals surface area (Å²) < 4.78 is 5.19. The van der Waals surface area contributed by atoms with Crippen molar-refractivity contribution < 1.29 is 4.74 Å². The van der Waals surface area contributed by atoms with Crippen molar-refractivity contribution in [3.05, 3.63) is 28.8 Å². The molecule has 2 rings (SSSR count). The zero-order valence-corrected chi connectivity index (χ0v) is 12.0. The van der Waals surface area contributed by atoms with Gasteiger partial charge in [0.05, 0.1) is 7.11 Å². The van der Waals surface area contributed by atoms with Crippen LogP contribution in [0.15, 0.2) is 18.2 Å². The smallest absolute Gasteiger partial charge is 0.120 e. The lowest BCUT2D eigenvalue weighted by atomic mass is 9.90. The normalized spacial score (nSPS) is 18.4. The van der Waals surface area contributed by atoms with E-state index in [0.717, 1.165) is 22.9 Å². The molecule has 1 saturated carbocycles. The highest BCUT2D eigenvalue weighted by molar-refractivity contribution is 6.31. The molecule has 0 heterocycles. The van der Waals surface area contributed by atoms with Gasteiger partial charge in [-0.15, -0.1) is 0 Å². The Labute approximate surface area is 114 Å². The number of methoxy groups -OCH3 is 1. The highest BCUT2D eigenvalue weighted by atomic mass is 35.5. The minimum absolute atomic E-state index is 0.295. The lowest BCUT2D eigenvalue weighted by molar-refractivity contribution is 0.346. The van der Waals surface area contributed by atoms with E-state index in [1.54, 1.807) is 7.11 Å². The van der Waals surface area contributed by atoms with Crippen molar-refractivity contribution in [2.24, 2.45) is 5.41 Å². The fourth-order valence-electron chi connectivity index (χ4n) is 2.74. The standard InChI is InChI=1S/C14H21ClN2O/c1-16-9-14(6-7-14)13(17-2)11-5-4-10(18-3)8-12(11)15/h4-5,8,13,16-17H,6-7,9H2,1-3H3. The van der Waals surface area contributed by atoms with E-state index in [2.05, 4.69) is 16.7 Å². The Morgan fingerprint density at radius 3 is 2.56 bits per heavy atom. The summed E-state index contributed by atoms with van der Waals surface area (Å²) in [5.41, 5.74) is 1.47. The van der Waals surface area contributed by atoms with E-state index < -0.39 is 0 Å². The minimum Gasteiger partial charge on any atom is -0.497 e. The van der Waals surface area contributed by atoms with Crippen LogP contribution in [0, 0.1) is 5.41 Å². The summed E-state index contributed by atoms with van der Waals surface area (Å²) in [6, 6.07) is 6.22. The Hall–Kier alpha value is -0.770. The van der Waals surface area contributed by atoms with Crippen molar-refractivity contribution >= 4 is 11.6 Å². The first-order valence-electron chi connectivity index (χ1n) is 6.32. The van der Waals surface area contributed by atoms with Gasteiger partial charge in [0, 0.05) is 23.0 Å². The molecule has 3 nitrogen and oxygen atoms in total. The number of hydrogen-bond acceptors (Lipinski definition) is 3. The van der Waals surface area contributed by atoms with Gasteiger partial charge in [0.1, 0.15) is 5.75 Å². The maximum Gasteiger partial charge on any atom is 0.120 e. The molecule has 1 aromatic rings. The van der Waals surface area contributed by atoms with E-state index in [0.29, 0.717) is 11.5 Å². The van der Waals surface area contributed by atoms with Crippen molar-refractivity contribution in [2.75, 3.05) is 27.7 Å². The Morgan fingerprint density at radius 2 is 2.11 bits per heavy atom. The molecule has 1 aromatic carbocycles. The number of ether oxygens (including phenoxy) is 1. The van der Waals surface area contributed by atoms with Crippen molar-refractivity contribution in [3.8, 4) is 5.75 Å². The Balaban J connectivity index is 2.28. The van der Waals surface area contributed by atoms with Gasteiger partial charge in [-0.05, 0) is 44.6 Å². The summed E-state index contributed by atoms with van der Waals surface area (Å²) >= 11 is 6.38. The number of benzene rings is 1. The molecular formula is C14H21ClN2O. The van der Waals surface area contributed by atoms with Crippen LogP contribution >= 0.6 is 11.6 Å². The summed E-state index contributed by atoms with van der Waals surface area (Å²) in [6.45, 7) is 1.01. The zero-order valence-electron chi connectivity index (χ0n) is 11.2. The first-order valence-corrected chi connectivity index (χ1v) is 6.70. The molecule has 1 aliphatic carbocycles. The second-order valence-electron chi connectivity index (χ2n) is 5.00. The van der Waals surface area contributed by atoms with E-state index in [9.17, 15) is 0 Å². The van der Waals surface area contributed by atoms with Crippen molar-refractivity contribution in [1.29, 1.82) is 0 Å². The molecular weight excluding hydrogens is 248 g/mol. The van der Waals surface area contributed by atoms with Gasteiger partial charge in [-0.3, -0.25) is 0 Å². The molecule has 1 atom stereocenters. The molecule has 0 aliphatic heterocycles. The summed E-state index contributed by atoms with van der Waals surface area (Å²) in [5, 5.41) is 7.48. The Morgan fingerprint density at radius 1 is 1.39 bits per heavy atom. The maximum atomic E-state index is 6.38. The third kappa shape index (κ3) is 2.48. The SMILES string of the molecule is CNCC1(C(NC)c2ccc(OC)cc2Cl)CC1. The van der Waals surface area contributed by atoms with E-state index in [-0.39, 0.29) is 0 Å². The van der Waals surface area contributed by atoms with Gasteiger partial charge in [0.15, 0.2) is 0 Å². The van der Waals surface area contributed by atoms with Crippen LogP contribution in [0.2, 0.25) is 5.02 Å². The number of halogens is 1. The first-order chi connectivity index (χ1) is 8.66. The van der Waals surface area contributed by atoms with Crippen LogP contribution in [-0.4, -0.2) is 27.7 Å². The van der Waals surface area contributed by atoms with Gasteiger partial charge in [0.2, 0.25) is 0 Å². The molecule has 100 valence electrons. The largest absolute Gasteiger partial charge is 0.497 e. The minimum atomic E-state index is 0.295. The fourth-order valence-corrected chi connectivity index (χ4v) is 3.02. The van der Waals surface area contributed by atoms with Crippen LogP contribution in [-0.2, 0) is 0 Å². The number of hydrogen-bond donors (Lipinski definition) is 2. The fraction of sp³-hybridized carbons (Fsp3) is 0.571. The van der Waals surface area contributed by atoms with E-state index in [1.165, 1.54) is 12.8 Å². The molecule has 0 radical (unpaired) electrons. The van der Waals surface area contributed by atoms with Crippen molar-refractivity contribution in [3.63, 3.8) is 0 Å². The molecule has 18 heavy (non-hydrogen) atoms. The van der Waals surface area contributed by atoms with Gasteiger partial charge >= 0.3 is 0 Å². The van der Waals surface area contributed by atoms with Gasteiger partial charge < -0.3 is 15.4 Å². The molecule has 0 amide bonds. The van der Waals surface area contributed by atoms with Crippen LogP contribution in [0.3, 0.4) is 0 Å². The highest BCUT2D eigenvalue weighted by Crippen LogP contribution is 2.55. The predicted molar refractivity (Wildman–Crippen MR) is 75.4 cm³/mol. The second kappa shape index (κ2) is 5.47. The topological polar surface area (TPSA) is 33.3 Å². The number of nitrogens with one attached hydrogen (secondary N) is 2. The molecule has 0 saturated heterocycles. The van der Waals surface area contributed by atoms with Crippen LogP contribution in [0.25, 0.3) is 0 Å². The third-order valence-corrected chi connectivity index (χ3v) is 4.17. The number of rotatable bonds is 6. The summed E-state index contributed by atoms with van der Waals surface area (Å²) in [4.78, 5) is 0. The molecule has 2 N–H and O–H groups in total. The van der Waals surface area contributed by atoms with E-state index in [1.807, 2.05) is 26.2 Å². The second-order valence-corrected chi connectivity index (χ2v) is 5.41. The third-order valence-electron chi connectivity index (χ3n) is 3.84. The molecule has 0 spiro atoms. The molecule has 0 bridgehead atoms. The van der Waals surface area contributed by atoms with Gasteiger partial charge in [-0.2, -0.15) is 0 Å².